The number of anilines is 1. The van der Waals surface area contributed by atoms with Crippen molar-refractivity contribution < 1.29 is 9.72 Å². The molecule has 0 fully saturated rings. The molecular weight excluding hydrogens is 371 g/mol. The van der Waals surface area contributed by atoms with Crippen molar-refractivity contribution in [1.82, 2.24) is 0 Å². The number of hydrogen-bond acceptors (Lipinski definition) is 3. The van der Waals surface area contributed by atoms with Gasteiger partial charge >= 0.3 is 0 Å². The Bertz CT molecular complexity index is 686. The minimum atomic E-state index is -0.460. The van der Waals surface area contributed by atoms with Crippen LogP contribution in [0.15, 0.2) is 42.5 Å². The van der Waals surface area contributed by atoms with E-state index in [0.29, 0.717) is 16.8 Å². The van der Waals surface area contributed by atoms with Gasteiger partial charge in [0.1, 0.15) is 0 Å². The van der Waals surface area contributed by atoms with E-state index in [2.05, 4.69) is 27.9 Å². The Morgan fingerprint density at radius 3 is 2.55 bits per heavy atom. The molecule has 0 aliphatic rings. The summed E-state index contributed by atoms with van der Waals surface area (Å²) >= 11 is 2.09. The van der Waals surface area contributed by atoms with Crippen molar-refractivity contribution in [1.29, 1.82) is 0 Å². The number of halogens is 1. The van der Waals surface area contributed by atoms with Gasteiger partial charge in [0, 0.05) is 21.4 Å². The molecule has 0 atom stereocenters. The van der Waals surface area contributed by atoms with Gasteiger partial charge in [-0.2, -0.15) is 0 Å². The smallest absolute Gasteiger partial charge is 0.269 e. The van der Waals surface area contributed by atoms with Crippen molar-refractivity contribution in [2.24, 2.45) is 0 Å². The van der Waals surface area contributed by atoms with Crippen LogP contribution in [0.5, 0.6) is 0 Å². The Morgan fingerprint density at radius 2 is 1.95 bits per heavy atom. The highest BCUT2D eigenvalue weighted by Crippen LogP contribution is 2.22. The van der Waals surface area contributed by atoms with Crippen LogP contribution in [0.25, 0.3) is 0 Å². The Hall–Kier alpha value is -1.96. The highest BCUT2D eigenvalue weighted by atomic mass is 127. The molecule has 1 amide bonds. The molecule has 0 aromatic heterocycles. The number of nitrogens with one attached hydrogen (secondary N) is 1. The molecular formula is C14H11IN2O3. The average Bonchev–Trinajstić information content (AvgIpc) is 2.41. The lowest BCUT2D eigenvalue weighted by Gasteiger charge is -2.09. The summed E-state index contributed by atoms with van der Waals surface area (Å²) in [4.78, 5) is 22.4. The van der Waals surface area contributed by atoms with Crippen molar-refractivity contribution in [3.63, 3.8) is 0 Å². The normalized spacial score (nSPS) is 10.1. The molecule has 0 spiro atoms. The van der Waals surface area contributed by atoms with Crippen LogP contribution in [0.2, 0.25) is 0 Å². The molecule has 6 heteroatoms. The first-order chi connectivity index (χ1) is 9.49. The molecule has 0 aliphatic carbocycles. The van der Waals surface area contributed by atoms with Crippen molar-refractivity contribution in [2.75, 3.05) is 5.32 Å². The van der Waals surface area contributed by atoms with Gasteiger partial charge in [0.25, 0.3) is 11.6 Å². The number of aryl methyl sites for hydroxylation is 1. The maximum absolute atomic E-state index is 12.2. The van der Waals surface area contributed by atoms with E-state index in [1.165, 1.54) is 12.1 Å². The molecule has 0 saturated heterocycles. The molecule has 20 heavy (non-hydrogen) atoms. The quantitative estimate of drug-likeness (QED) is 0.499. The van der Waals surface area contributed by atoms with Gasteiger partial charge in [0.2, 0.25) is 0 Å². The third-order valence-corrected chi connectivity index (χ3v) is 3.73. The standard InChI is InChI=1S/C14H11IN2O3/c1-9-8-10(17(19)20)6-7-13(9)16-14(18)11-4-2-3-5-12(11)15/h2-8H,1H3,(H,16,18). The number of hydrogen-bond donors (Lipinski definition) is 1. The highest BCUT2D eigenvalue weighted by Gasteiger charge is 2.13. The van der Waals surface area contributed by atoms with Gasteiger partial charge in [0.05, 0.1) is 10.5 Å². The minimum Gasteiger partial charge on any atom is -0.322 e. The number of carbonyl (C=O) groups excluding carboxylic acids is 1. The second-order valence-corrected chi connectivity index (χ2v) is 5.35. The van der Waals surface area contributed by atoms with Crippen LogP contribution in [0.3, 0.4) is 0 Å². The lowest BCUT2D eigenvalue weighted by molar-refractivity contribution is -0.384. The number of benzene rings is 2. The van der Waals surface area contributed by atoms with Crippen molar-refractivity contribution in [3.8, 4) is 0 Å². The molecule has 0 unspecified atom stereocenters. The summed E-state index contributed by atoms with van der Waals surface area (Å²) < 4.78 is 0.849. The first kappa shape index (κ1) is 14.4. The Morgan fingerprint density at radius 1 is 1.25 bits per heavy atom. The summed E-state index contributed by atoms with van der Waals surface area (Å²) in [6, 6.07) is 11.6. The Labute approximate surface area is 129 Å². The number of nitrogens with zero attached hydrogens (tertiary/aromatic N) is 1. The number of nitro groups is 1. The number of rotatable bonds is 3. The largest absolute Gasteiger partial charge is 0.322 e. The molecule has 0 heterocycles. The number of amides is 1. The highest BCUT2D eigenvalue weighted by molar-refractivity contribution is 14.1. The molecule has 102 valence electrons. The third-order valence-electron chi connectivity index (χ3n) is 2.79. The van der Waals surface area contributed by atoms with Gasteiger partial charge in [-0.3, -0.25) is 14.9 Å². The molecule has 2 aromatic rings. The predicted octanol–water partition coefficient (Wildman–Crippen LogP) is 3.76. The summed E-state index contributed by atoms with van der Waals surface area (Å²) in [6.07, 6.45) is 0. The maximum atomic E-state index is 12.2. The van der Waals surface area contributed by atoms with E-state index in [-0.39, 0.29) is 11.6 Å². The van der Waals surface area contributed by atoms with E-state index in [1.54, 1.807) is 25.1 Å². The van der Waals surface area contributed by atoms with Crippen LogP contribution in [0.1, 0.15) is 15.9 Å². The van der Waals surface area contributed by atoms with Crippen LogP contribution in [0, 0.1) is 20.6 Å². The molecule has 5 nitrogen and oxygen atoms in total. The van der Waals surface area contributed by atoms with Crippen LogP contribution in [-0.2, 0) is 0 Å². The first-order valence-electron chi connectivity index (χ1n) is 5.80. The summed E-state index contributed by atoms with van der Waals surface area (Å²) in [5.74, 6) is -0.230. The second-order valence-electron chi connectivity index (χ2n) is 4.19. The fourth-order valence-electron chi connectivity index (χ4n) is 1.74. The van der Waals surface area contributed by atoms with E-state index in [1.807, 2.05) is 12.1 Å². The van der Waals surface area contributed by atoms with E-state index in [4.69, 9.17) is 0 Å². The maximum Gasteiger partial charge on any atom is 0.269 e. The third kappa shape index (κ3) is 3.13. The molecule has 0 bridgehead atoms. The Kier molecular flexibility index (Phi) is 4.33. The zero-order valence-electron chi connectivity index (χ0n) is 10.6. The van der Waals surface area contributed by atoms with Crippen molar-refractivity contribution in [2.45, 2.75) is 6.92 Å². The van der Waals surface area contributed by atoms with Gasteiger partial charge in [-0.05, 0) is 53.3 Å². The molecule has 1 N–H and O–H groups in total. The summed E-state index contributed by atoms with van der Waals surface area (Å²) in [5, 5.41) is 13.4. The number of nitro benzene ring substituents is 1. The molecule has 2 rings (SSSR count). The number of carbonyl (C=O) groups is 1. The van der Waals surface area contributed by atoms with E-state index >= 15 is 0 Å². The SMILES string of the molecule is Cc1cc([N+](=O)[O-])ccc1NC(=O)c1ccccc1I. The van der Waals surface area contributed by atoms with Crippen LogP contribution < -0.4 is 5.32 Å². The zero-order chi connectivity index (χ0) is 14.7. The zero-order valence-corrected chi connectivity index (χ0v) is 12.7. The minimum absolute atomic E-state index is 0.00907. The first-order valence-corrected chi connectivity index (χ1v) is 6.88. The van der Waals surface area contributed by atoms with Crippen molar-refractivity contribution in [3.05, 3.63) is 67.3 Å². The molecule has 2 aromatic carbocycles. The molecule has 0 aliphatic heterocycles. The monoisotopic (exact) mass is 382 g/mol. The van der Waals surface area contributed by atoms with Crippen molar-refractivity contribution >= 4 is 39.9 Å². The van der Waals surface area contributed by atoms with Gasteiger partial charge in [0.15, 0.2) is 0 Å². The van der Waals surface area contributed by atoms with Crippen LogP contribution >= 0.6 is 22.6 Å². The summed E-state index contributed by atoms with van der Waals surface area (Å²) in [6.45, 7) is 1.72. The fraction of sp³-hybridized carbons (Fsp3) is 0.0714. The lowest BCUT2D eigenvalue weighted by Crippen LogP contribution is -2.14. The lowest BCUT2D eigenvalue weighted by atomic mass is 10.1. The molecule has 0 saturated carbocycles. The summed E-state index contributed by atoms with van der Waals surface area (Å²) in [7, 11) is 0. The van der Waals surface area contributed by atoms with Gasteiger partial charge in [-0.1, -0.05) is 12.1 Å². The number of non-ortho nitro benzene ring substituents is 1. The predicted molar refractivity (Wildman–Crippen MR) is 84.9 cm³/mol. The molecule has 0 radical (unpaired) electrons. The average molecular weight is 382 g/mol. The second kappa shape index (κ2) is 6.00. The van der Waals surface area contributed by atoms with Crippen LogP contribution in [-0.4, -0.2) is 10.8 Å². The van der Waals surface area contributed by atoms with Gasteiger partial charge in [-0.15, -0.1) is 0 Å². The van der Waals surface area contributed by atoms with E-state index in [0.717, 1.165) is 3.57 Å². The van der Waals surface area contributed by atoms with Crippen LogP contribution in [0.4, 0.5) is 11.4 Å². The van der Waals surface area contributed by atoms with E-state index in [9.17, 15) is 14.9 Å². The fourth-order valence-corrected chi connectivity index (χ4v) is 2.37. The van der Waals surface area contributed by atoms with E-state index < -0.39 is 4.92 Å². The van der Waals surface area contributed by atoms with Gasteiger partial charge in [-0.25, -0.2) is 0 Å². The van der Waals surface area contributed by atoms with Gasteiger partial charge < -0.3 is 5.32 Å². The summed E-state index contributed by atoms with van der Waals surface area (Å²) in [5.41, 5.74) is 1.80. The topological polar surface area (TPSA) is 72.2 Å². The Balaban J connectivity index is 2.25.